The highest BCUT2D eigenvalue weighted by Gasteiger charge is 2.04. The van der Waals surface area contributed by atoms with Crippen LogP contribution in [0.25, 0.3) is 0 Å². The van der Waals surface area contributed by atoms with Gasteiger partial charge < -0.3 is 15.2 Å². The highest BCUT2D eigenvalue weighted by molar-refractivity contribution is 9.10. The second kappa shape index (κ2) is 8.13. The molecule has 1 rings (SSSR count). The summed E-state index contributed by atoms with van der Waals surface area (Å²) < 4.78 is 6.44. The van der Waals surface area contributed by atoms with Crippen molar-refractivity contribution >= 4 is 15.9 Å². The molecule has 0 aliphatic carbocycles. The van der Waals surface area contributed by atoms with Gasteiger partial charge in [-0.1, -0.05) is 21.9 Å². The van der Waals surface area contributed by atoms with Gasteiger partial charge in [-0.15, -0.1) is 5.92 Å². The molecule has 1 unspecified atom stereocenters. The second-order valence-corrected chi connectivity index (χ2v) is 4.39. The van der Waals surface area contributed by atoms with Crippen LogP contribution in [0, 0.1) is 11.8 Å². The third-order valence-corrected chi connectivity index (χ3v) is 2.55. The molecule has 1 aromatic carbocycles. The van der Waals surface area contributed by atoms with E-state index in [4.69, 9.17) is 4.74 Å². The van der Waals surface area contributed by atoms with Gasteiger partial charge in [0.2, 0.25) is 0 Å². The molecule has 4 heteroatoms. The lowest BCUT2D eigenvalue weighted by Crippen LogP contribution is -2.31. The zero-order valence-corrected chi connectivity index (χ0v) is 11.3. The topological polar surface area (TPSA) is 41.5 Å². The number of benzene rings is 1. The van der Waals surface area contributed by atoms with Gasteiger partial charge in [-0.3, -0.25) is 0 Å². The number of nitrogens with one attached hydrogen (secondary N) is 1. The van der Waals surface area contributed by atoms with Crippen molar-refractivity contribution in [2.45, 2.75) is 13.0 Å². The molecule has 0 radical (unpaired) electrons. The van der Waals surface area contributed by atoms with Crippen molar-refractivity contribution in [1.82, 2.24) is 5.32 Å². The smallest absolute Gasteiger partial charge is 0.119 e. The highest BCUT2D eigenvalue weighted by Crippen LogP contribution is 2.16. The van der Waals surface area contributed by atoms with Gasteiger partial charge in [-0.25, -0.2) is 0 Å². The lowest BCUT2D eigenvalue weighted by atomic mass is 10.3. The average molecular weight is 298 g/mol. The van der Waals surface area contributed by atoms with Crippen LogP contribution in [-0.4, -0.2) is 30.9 Å². The number of ether oxygens (including phenoxy) is 1. The van der Waals surface area contributed by atoms with E-state index in [1.165, 1.54) is 0 Å². The van der Waals surface area contributed by atoms with E-state index in [-0.39, 0.29) is 6.61 Å². The quantitative estimate of drug-likeness (QED) is 0.621. The van der Waals surface area contributed by atoms with Crippen LogP contribution in [0.2, 0.25) is 0 Å². The van der Waals surface area contributed by atoms with Gasteiger partial charge in [0.15, 0.2) is 0 Å². The summed E-state index contributed by atoms with van der Waals surface area (Å²) in [6.45, 7) is 3.12. The van der Waals surface area contributed by atoms with Gasteiger partial charge in [-0.2, -0.15) is 0 Å². The van der Waals surface area contributed by atoms with Crippen molar-refractivity contribution in [3.05, 3.63) is 28.7 Å². The maximum Gasteiger partial charge on any atom is 0.119 e. The molecule has 0 saturated heterocycles. The van der Waals surface area contributed by atoms with Gasteiger partial charge in [0.05, 0.1) is 6.54 Å². The highest BCUT2D eigenvalue weighted by atomic mass is 79.9. The van der Waals surface area contributed by atoms with E-state index in [9.17, 15) is 5.11 Å². The number of aliphatic hydroxyl groups excluding tert-OH is 1. The van der Waals surface area contributed by atoms with Crippen LogP contribution in [0.3, 0.4) is 0 Å². The van der Waals surface area contributed by atoms with Crippen LogP contribution < -0.4 is 10.1 Å². The minimum Gasteiger partial charge on any atom is -0.491 e. The lowest BCUT2D eigenvalue weighted by Gasteiger charge is -2.12. The Morgan fingerprint density at radius 3 is 2.76 bits per heavy atom. The first-order valence-electron chi connectivity index (χ1n) is 5.39. The van der Waals surface area contributed by atoms with Gasteiger partial charge in [0.1, 0.15) is 18.5 Å². The van der Waals surface area contributed by atoms with Gasteiger partial charge in [-0.05, 0) is 31.2 Å². The fourth-order valence-corrected chi connectivity index (χ4v) is 1.44. The van der Waals surface area contributed by atoms with Crippen molar-refractivity contribution in [3.8, 4) is 17.6 Å². The van der Waals surface area contributed by atoms with Crippen LogP contribution in [-0.2, 0) is 0 Å². The molecule has 1 atom stereocenters. The number of aliphatic hydroxyl groups is 1. The molecule has 0 bridgehead atoms. The molecule has 92 valence electrons. The van der Waals surface area contributed by atoms with Crippen molar-refractivity contribution in [2.75, 3.05) is 19.7 Å². The fourth-order valence-electron chi connectivity index (χ4n) is 1.17. The van der Waals surface area contributed by atoms with Crippen LogP contribution in [0.1, 0.15) is 6.92 Å². The molecule has 0 saturated carbocycles. The number of halogens is 1. The summed E-state index contributed by atoms with van der Waals surface area (Å²) in [5, 5.41) is 12.6. The molecule has 0 aliphatic heterocycles. The summed E-state index contributed by atoms with van der Waals surface area (Å²) in [5.74, 6) is 6.39. The van der Waals surface area contributed by atoms with Crippen LogP contribution in [0.15, 0.2) is 28.7 Å². The number of hydrogen-bond acceptors (Lipinski definition) is 3. The molecule has 0 aliphatic rings. The Morgan fingerprint density at radius 1 is 1.41 bits per heavy atom. The first kappa shape index (κ1) is 14.0. The maximum atomic E-state index is 9.62. The Balaban J connectivity index is 2.20. The zero-order valence-electron chi connectivity index (χ0n) is 9.74. The minimum absolute atomic E-state index is 0.272. The predicted octanol–water partition coefficient (Wildman–Crippen LogP) is 1.80. The summed E-state index contributed by atoms with van der Waals surface area (Å²) in [5.41, 5.74) is 0. The average Bonchev–Trinajstić information content (AvgIpc) is 2.34. The molecule has 0 spiro atoms. The van der Waals surface area contributed by atoms with E-state index >= 15 is 0 Å². The van der Waals surface area contributed by atoms with Crippen LogP contribution in [0.5, 0.6) is 5.75 Å². The molecule has 0 heterocycles. The summed E-state index contributed by atoms with van der Waals surface area (Å²) in [6, 6.07) is 7.51. The first-order valence-corrected chi connectivity index (χ1v) is 6.18. The van der Waals surface area contributed by atoms with Crippen molar-refractivity contribution in [2.24, 2.45) is 0 Å². The minimum atomic E-state index is -0.530. The SMILES string of the molecule is CC#CCNCC(O)COc1ccc(Br)cc1. The lowest BCUT2D eigenvalue weighted by molar-refractivity contribution is 0.107. The Bertz CT molecular complexity index is 381. The molecular weight excluding hydrogens is 282 g/mol. The van der Waals surface area contributed by atoms with Crippen LogP contribution in [0.4, 0.5) is 0 Å². The summed E-state index contributed by atoms with van der Waals surface area (Å²) >= 11 is 3.35. The van der Waals surface area contributed by atoms with E-state index < -0.39 is 6.10 Å². The molecule has 3 nitrogen and oxygen atoms in total. The standard InChI is InChI=1S/C13H16BrNO2/c1-2-3-8-15-9-12(16)10-17-13-6-4-11(14)5-7-13/h4-7,12,15-16H,8-10H2,1H3. The Kier molecular flexibility index (Phi) is 6.71. The summed E-state index contributed by atoms with van der Waals surface area (Å²) in [6.07, 6.45) is -0.530. The molecule has 17 heavy (non-hydrogen) atoms. The monoisotopic (exact) mass is 297 g/mol. The fraction of sp³-hybridized carbons (Fsp3) is 0.385. The second-order valence-electron chi connectivity index (χ2n) is 3.48. The summed E-state index contributed by atoms with van der Waals surface area (Å²) in [7, 11) is 0. The molecular formula is C13H16BrNO2. The van der Waals surface area contributed by atoms with Gasteiger partial charge in [0.25, 0.3) is 0 Å². The summed E-state index contributed by atoms with van der Waals surface area (Å²) in [4.78, 5) is 0. The maximum absolute atomic E-state index is 9.62. The van der Waals surface area contributed by atoms with E-state index in [0.29, 0.717) is 13.1 Å². The normalized spacial score (nSPS) is 11.5. The molecule has 0 fully saturated rings. The van der Waals surface area contributed by atoms with Crippen molar-refractivity contribution in [3.63, 3.8) is 0 Å². The van der Waals surface area contributed by atoms with E-state index in [0.717, 1.165) is 10.2 Å². The molecule has 0 aromatic heterocycles. The Hall–Kier alpha value is -1.02. The van der Waals surface area contributed by atoms with Crippen LogP contribution >= 0.6 is 15.9 Å². The molecule has 2 N–H and O–H groups in total. The third kappa shape index (κ3) is 6.32. The van der Waals surface area contributed by atoms with E-state index in [2.05, 4.69) is 33.1 Å². The van der Waals surface area contributed by atoms with E-state index in [1.54, 1.807) is 6.92 Å². The number of hydrogen-bond donors (Lipinski definition) is 2. The van der Waals surface area contributed by atoms with Crippen molar-refractivity contribution < 1.29 is 9.84 Å². The van der Waals surface area contributed by atoms with Gasteiger partial charge in [0, 0.05) is 11.0 Å². The predicted molar refractivity (Wildman–Crippen MR) is 72.0 cm³/mol. The van der Waals surface area contributed by atoms with Gasteiger partial charge >= 0.3 is 0 Å². The Labute approximate surface area is 110 Å². The Morgan fingerprint density at radius 2 is 2.12 bits per heavy atom. The zero-order chi connectivity index (χ0) is 12.5. The van der Waals surface area contributed by atoms with Crippen molar-refractivity contribution in [1.29, 1.82) is 0 Å². The molecule has 0 amide bonds. The van der Waals surface area contributed by atoms with E-state index in [1.807, 2.05) is 24.3 Å². The third-order valence-electron chi connectivity index (χ3n) is 2.03. The largest absolute Gasteiger partial charge is 0.491 e. The first-order chi connectivity index (χ1) is 8.22. The molecule has 1 aromatic rings. The number of rotatable bonds is 6.